The van der Waals surface area contributed by atoms with Crippen LogP contribution in [0, 0.1) is 5.82 Å². The molecule has 0 spiro atoms. The Morgan fingerprint density at radius 2 is 2.13 bits per heavy atom. The summed E-state index contributed by atoms with van der Waals surface area (Å²) in [7, 11) is 1.29. The van der Waals surface area contributed by atoms with Gasteiger partial charge in [0.25, 0.3) is 0 Å². The van der Waals surface area contributed by atoms with E-state index in [2.05, 4.69) is 5.32 Å². The second-order valence-corrected chi connectivity index (χ2v) is 6.08. The molecule has 23 heavy (non-hydrogen) atoms. The number of hydrogen-bond donors (Lipinski definition) is 1. The Hall–Kier alpha value is -2.41. The van der Waals surface area contributed by atoms with E-state index < -0.39 is 23.9 Å². The highest BCUT2D eigenvalue weighted by atomic mass is 32.1. The first-order chi connectivity index (χ1) is 11.1. The number of nitrogens with one attached hydrogen (secondary N) is 1. The maximum absolute atomic E-state index is 13.7. The first-order valence-electron chi connectivity index (χ1n) is 7.08. The van der Waals surface area contributed by atoms with Crippen LogP contribution in [0.25, 0.3) is 0 Å². The maximum Gasteiger partial charge on any atom is 0.333 e. The van der Waals surface area contributed by atoms with Gasteiger partial charge < -0.3 is 15.0 Å². The van der Waals surface area contributed by atoms with E-state index in [1.165, 1.54) is 24.1 Å². The number of rotatable bonds is 2. The monoisotopic (exact) mass is 334 g/mol. The molecule has 120 valence electrons. The number of ether oxygens (including phenoxy) is 1. The number of hydrogen-bond acceptors (Lipinski definition) is 4. The number of methoxy groups -OCH3 is 1. The average Bonchev–Trinajstić information content (AvgIpc) is 3.03. The van der Waals surface area contributed by atoms with Gasteiger partial charge in [0.2, 0.25) is 0 Å². The number of esters is 1. The summed E-state index contributed by atoms with van der Waals surface area (Å²) < 4.78 is 18.5. The van der Waals surface area contributed by atoms with Crippen molar-refractivity contribution in [3.8, 4) is 0 Å². The largest absolute Gasteiger partial charge is 0.467 e. The van der Waals surface area contributed by atoms with Gasteiger partial charge in [0, 0.05) is 11.4 Å². The molecular weight excluding hydrogens is 319 g/mol. The van der Waals surface area contributed by atoms with Crippen molar-refractivity contribution < 1.29 is 18.7 Å². The molecule has 1 atom stereocenters. The highest BCUT2D eigenvalue weighted by molar-refractivity contribution is 7.10. The van der Waals surface area contributed by atoms with Gasteiger partial charge in [-0.15, -0.1) is 11.3 Å². The number of para-hydroxylation sites is 1. The second kappa shape index (κ2) is 6.37. The van der Waals surface area contributed by atoms with Gasteiger partial charge in [-0.1, -0.05) is 12.1 Å². The third-order valence-electron chi connectivity index (χ3n) is 3.77. The van der Waals surface area contributed by atoms with Gasteiger partial charge in [0.15, 0.2) is 6.04 Å². The lowest BCUT2D eigenvalue weighted by molar-refractivity contribution is -0.146. The lowest BCUT2D eigenvalue weighted by Crippen LogP contribution is -2.45. The number of carbonyl (C=O) groups excluding carboxylic acids is 2. The molecule has 1 unspecified atom stereocenters. The fourth-order valence-electron chi connectivity index (χ4n) is 2.65. The molecule has 3 rings (SSSR count). The van der Waals surface area contributed by atoms with Crippen molar-refractivity contribution >= 4 is 29.0 Å². The van der Waals surface area contributed by atoms with Crippen molar-refractivity contribution in [2.75, 3.05) is 19.0 Å². The van der Waals surface area contributed by atoms with Crippen molar-refractivity contribution in [1.82, 2.24) is 4.90 Å². The molecule has 1 aliphatic heterocycles. The molecule has 2 amide bonds. The van der Waals surface area contributed by atoms with Crippen LogP contribution in [0.5, 0.6) is 0 Å². The van der Waals surface area contributed by atoms with Crippen molar-refractivity contribution in [2.24, 2.45) is 0 Å². The summed E-state index contributed by atoms with van der Waals surface area (Å²) in [6.45, 7) is 0.369. The third kappa shape index (κ3) is 2.92. The summed E-state index contributed by atoms with van der Waals surface area (Å²) in [5.41, 5.74) is 0.856. The summed E-state index contributed by atoms with van der Waals surface area (Å²) in [5.74, 6) is -1.03. The number of thiophene rings is 1. The van der Waals surface area contributed by atoms with Crippen LogP contribution in [0.15, 0.2) is 35.7 Å². The molecule has 5 nitrogen and oxygen atoms in total. The Morgan fingerprint density at radius 1 is 1.35 bits per heavy atom. The smallest absolute Gasteiger partial charge is 0.333 e. The van der Waals surface area contributed by atoms with Crippen LogP contribution in [-0.4, -0.2) is 30.6 Å². The molecular formula is C16H15FN2O3S. The van der Waals surface area contributed by atoms with Gasteiger partial charge in [-0.25, -0.2) is 14.0 Å². The Kier molecular flexibility index (Phi) is 4.29. The quantitative estimate of drug-likeness (QED) is 0.858. The van der Waals surface area contributed by atoms with E-state index in [-0.39, 0.29) is 5.69 Å². The topological polar surface area (TPSA) is 58.6 Å². The van der Waals surface area contributed by atoms with Crippen LogP contribution in [0.1, 0.15) is 16.5 Å². The second-order valence-electron chi connectivity index (χ2n) is 5.08. The van der Waals surface area contributed by atoms with Gasteiger partial charge in [-0.2, -0.15) is 0 Å². The van der Waals surface area contributed by atoms with E-state index in [0.29, 0.717) is 13.0 Å². The van der Waals surface area contributed by atoms with Gasteiger partial charge in [0.05, 0.1) is 12.8 Å². The molecule has 0 bridgehead atoms. The fourth-order valence-corrected chi connectivity index (χ4v) is 3.55. The maximum atomic E-state index is 13.7. The predicted molar refractivity (Wildman–Crippen MR) is 84.9 cm³/mol. The van der Waals surface area contributed by atoms with Crippen LogP contribution < -0.4 is 5.32 Å². The van der Waals surface area contributed by atoms with Gasteiger partial charge in [-0.05, 0) is 35.6 Å². The summed E-state index contributed by atoms with van der Waals surface area (Å²) in [5, 5.41) is 4.41. The molecule has 0 saturated heterocycles. The minimum absolute atomic E-state index is 0.0808. The Bertz CT molecular complexity index is 746. The Morgan fingerprint density at radius 3 is 2.87 bits per heavy atom. The van der Waals surface area contributed by atoms with Crippen LogP contribution in [0.2, 0.25) is 0 Å². The van der Waals surface area contributed by atoms with Crippen LogP contribution in [-0.2, 0) is 16.0 Å². The number of benzene rings is 1. The number of carbonyl (C=O) groups is 2. The van der Waals surface area contributed by atoms with Gasteiger partial charge in [-0.3, -0.25) is 0 Å². The van der Waals surface area contributed by atoms with Crippen molar-refractivity contribution in [3.05, 3.63) is 52.0 Å². The number of nitrogens with zero attached hydrogens (tertiary/aromatic N) is 1. The van der Waals surface area contributed by atoms with Gasteiger partial charge >= 0.3 is 12.0 Å². The zero-order valence-corrected chi connectivity index (χ0v) is 13.2. The number of anilines is 1. The first-order valence-corrected chi connectivity index (χ1v) is 7.96. The van der Waals surface area contributed by atoms with Crippen LogP contribution in [0.4, 0.5) is 14.9 Å². The lowest BCUT2D eigenvalue weighted by Gasteiger charge is -2.33. The number of halogens is 1. The summed E-state index contributed by atoms with van der Waals surface area (Å²) >= 11 is 1.55. The van der Waals surface area contributed by atoms with Crippen LogP contribution in [0.3, 0.4) is 0 Å². The zero-order chi connectivity index (χ0) is 16.4. The SMILES string of the molecule is COC(=O)C1c2ccsc2CCN1C(=O)Nc1ccccc1F. The van der Waals surface area contributed by atoms with Gasteiger partial charge in [0.1, 0.15) is 5.82 Å². The number of fused-ring (bicyclic) bond motifs is 1. The van der Waals surface area contributed by atoms with E-state index in [1.807, 2.05) is 11.4 Å². The minimum Gasteiger partial charge on any atom is -0.467 e. The van der Waals surface area contributed by atoms with E-state index >= 15 is 0 Å². The molecule has 2 heterocycles. The van der Waals surface area contributed by atoms with E-state index in [4.69, 9.17) is 4.74 Å². The third-order valence-corrected chi connectivity index (χ3v) is 4.76. The lowest BCUT2D eigenvalue weighted by atomic mass is 10.0. The predicted octanol–water partition coefficient (Wildman–Crippen LogP) is 3.19. The molecule has 0 aliphatic carbocycles. The highest BCUT2D eigenvalue weighted by Gasteiger charge is 2.37. The number of amides is 2. The zero-order valence-electron chi connectivity index (χ0n) is 12.4. The fraction of sp³-hybridized carbons (Fsp3) is 0.250. The summed E-state index contributed by atoms with van der Waals surface area (Å²) in [4.78, 5) is 27.1. The van der Waals surface area contributed by atoms with E-state index in [1.54, 1.807) is 23.5 Å². The van der Waals surface area contributed by atoms with Crippen molar-refractivity contribution in [3.63, 3.8) is 0 Å². The van der Waals surface area contributed by atoms with E-state index in [9.17, 15) is 14.0 Å². The molecule has 1 N–H and O–H groups in total. The molecule has 7 heteroatoms. The number of urea groups is 1. The molecule has 0 radical (unpaired) electrons. The van der Waals surface area contributed by atoms with Crippen molar-refractivity contribution in [1.29, 1.82) is 0 Å². The first kappa shape index (κ1) is 15.5. The highest BCUT2D eigenvalue weighted by Crippen LogP contribution is 2.34. The van der Waals surface area contributed by atoms with Crippen molar-refractivity contribution in [2.45, 2.75) is 12.5 Å². The molecule has 1 aromatic carbocycles. The molecule has 1 aromatic heterocycles. The summed E-state index contributed by atoms with van der Waals surface area (Å²) in [6.07, 6.45) is 0.658. The standard InChI is InChI=1S/C16H15FN2O3S/c1-22-15(20)14-10-7-9-23-13(10)6-8-19(14)16(21)18-12-5-3-2-4-11(12)17/h2-5,7,9,14H,6,8H2,1H3,(H,18,21). The average molecular weight is 334 g/mol. The van der Waals surface area contributed by atoms with Crippen LogP contribution >= 0.6 is 11.3 Å². The summed E-state index contributed by atoms with van der Waals surface area (Å²) in [6, 6.07) is 6.40. The molecule has 1 aliphatic rings. The van der Waals surface area contributed by atoms with E-state index in [0.717, 1.165) is 10.4 Å². The molecule has 0 fully saturated rings. The minimum atomic E-state index is -0.804. The normalized spacial score (nSPS) is 16.6. The Balaban J connectivity index is 1.87. The Labute approximate surface area is 136 Å². The molecule has 2 aromatic rings. The molecule has 0 saturated carbocycles.